The van der Waals surface area contributed by atoms with Crippen molar-refractivity contribution in [2.24, 2.45) is 4.99 Å². The van der Waals surface area contributed by atoms with E-state index < -0.39 is 5.63 Å². The van der Waals surface area contributed by atoms with Crippen LogP contribution >= 0.6 is 23.1 Å². The predicted octanol–water partition coefficient (Wildman–Crippen LogP) is 5.07. The van der Waals surface area contributed by atoms with Gasteiger partial charge in [-0.15, -0.1) is 23.1 Å². The molecule has 4 rings (SSSR count). The number of aliphatic imine (C=N–C) groups is 1. The molecular weight excluding hydrogens is 354 g/mol. The Kier molecular flexibility index (Phi) is 4.23. The van der Waals surface area contributed by atoms with Gasteiger partial charge in [0.15, 0.2) is 0 Å². The summed E-state index contributed by atoms with van der Waals surface area (Å²) in [5, 5.41) is 12.5. The summed E-state index contributed by atoms with van der Waals surface area (Å²) in [5.74, 6) is 0.298. The van der Waals surface area contributed by atoms with Crippen molar-refractivity contribution in [1.29, 1.82) is 0 Å². The van der Waals surface area contributed by atoms with Crippen LogP contribution in [0.15, 0.2) is 66.9 Å². The first kappa shape index (κ1) is 16.2. The molecule has 0 aliphatic carbocycles. The van der Waals surface area contributed by atoms with Crippen molar-refractivity contribution in [3.05, 3.63) is 74.5 Å². The van der Waals surface area contributed by atoms with Gasteiger partial charge in [0.25, 0.3) is 0 Å². The topological polar surface area (TPSA) is 62.8 Å². The molecule has 1 aliphatic heterocycles. The summed E-state index contributed by atoms with van der Waals surface area (Å²) in [6, 6.07) is 13.4. The fourth-order valence-electron chi connectivity index (χ4n) is 2.86. The highest BCUT2D eigenvalue weighted by atomic mass is 32.2. The summed E-state index contributed by atoms with van der Waals surface area (Å²) < 4.78 is 5.20. The van der Waals surface area contributed by atoms with E-state index in [4.69, 9.17) is 9.41 Å². The van der Waals surface area contributed by atoms with E-state index >= 15 is 0 Å². The third kappa shape index (κ3) is 3.15. The van der Waals surface area contributed by atoms with E-state index in [1.165, 1.54) is 10.9 Å². The van der Waals surface area contributed by atoms with E-state index in [0.717, 1.165) is 10.6 Å². The number of hydrogen-bond acceptors (Lipinski definition) is 6. The maximum Gasteiger partial charge on any atom is 0.348 e. The molecule has 0 spiro atoms. The van der Waals surface area contributed by atoms with Gasteiger partial charge in [-0.25, -0.2) is 4.79 Å². The first-order valence-electron chi connectivity index (χ1n) is 7.82. The van der Waals surface area contributed by atoms with E-state index in [9.17, 15) is 9.90 Å². The predicted molar refractivity (Wildman–Crippen MR) is 102 cm³/mol. The lowest BCUT2D eigenvalue weighted by Crippen LogP contribution is -2.16. The Morgan fingerprint density at radius 3 is 2.84 bits per heavy atom. The van der Waals surface area contributed by atoms with Crippen LogP contribution in [0.2, 0.25) is 0 Å². The van der Waals surface area contributed by atoms with Gasteiger partial charge >= 0.3 is 5.63 Å². The van der Waals surface area contributed by atoms with Crippen molar-refractivity contribution >= 4 is 34.5 Å². The van der Waals surface area contributed by atoms with Gasteiger partial charge in [0.1, 0.15) is 17.1 Å². The Labute approximate surface area is 152 Å². The molecule has 0 unspecified atom stereocenters. The van der Waals surface area contributed by atoms with Crippen LogP contribution in [0, 0.1) is 6.92 Å². The van der Waals surface area contributed by atoms with Crippen LogP contribution in [0.25, 0.3) is 0 Å². The molecule has 1 aliphatic rings. The van der Waals surface area contributed by atoms with Crippen LogP contribution in [0.4, 0.5) is 5.69 Å². The van der Waals surface area contributed by atoms with Crippen molar-refractivity contribution in [1.82, 2.24) is 0 Å². The zero-order valence-electron chi connectivity index (χ0n) is 13.4. The summed E-state index contributed by atoms with van der Waals surface area (Å²) in [7, 11) is 0. The van der Waals surface area contributed by atoms with Gasteiger partial charge in [-0.2, -0.15) is 0 Å². The number of thiophene rings is 1. The average molecular weight is 369 g/mol. The molecule has 1 aromatic carbocycles. The molecule has 0 bridgehead atoms. The van der Waals surface area contributed by atoms with Crippen LogP contribution in [-0.2, 0) is 0 Å². The standard InChI is InChI=1S/C19H15NO3S2/c1-11-9-14(21)18(19(22)23-11)13-10-17(16-7-4-8-24-16)25-15-6-3-2-5-12(15)20-13/h2-9,17,21H,10H2,1H3/t17-/m1/s1. The lowest BCUT2D eigenvalue weighted by atomic mass is 10.1. The quantitative estimate of drug-likeness (QED) is 0.685. The molecule has 25 heavy (non-hydrogen) atoms. The summed E-state index contributed by atoms with van der Waals surface area (Å²) in [6.07, 6.45) is 0.543. The number of rotatable bonds is 2. The van der Waals surface area contributed by atoms with Gasteiger partial charge in [-0.1, -0.05) is 18.2 Å². The summed E-state index contributed by atoms with van der Waals surface area (Å²) in [4.78, 5) is 19.3. The minimum atomic E-state index is -0.550. The summed E-state index contributed by atoms with van der Waals surface area (Å²) in [5.41, 5.74) is 0.970. The zero-order valence-corrected chi connectivity index (χ0v) is 15.1. The van der Waals surface area contributed by atoms with Gasteiger partial charge in [0.05, 0.1) is 11.4 Å². The number of aromatic hydroxyl groups is 1. The Hall–Kier alpha value is -2.31. The van der Waals surface area contributed by atoms with Crippen molar-refractivity contribution in [3.8, 4) is 5.75 Å². The van der Waals surface area contributed by atoms with Crippen LogP contribution < -0.4 is 5.63 Å². The first-order valence-corrected chi connectivity index (χ1v) is 9.58. The molecule has 126 valence electrons. The van der Waals surface area contributed by atoms with E-state index in [-0.39, 0.29) is 16.6 Å². The Balaban J connectivity index is 1.89. The second-order valence-electron chi connectivity index (χ2n) is 5.76. The van der Waals surface area contributed by atoms with Crippen molar-refractivity contribution < 1.29 is 9.52 Å². The molecular formula is C19H15NO3S2. The number of hydrogen-bond donors (Lipinski definition) is 1. The largest absolute Gasteiger partial charge is 0.507 e. The molecule has 3 heterocycles. The lowest BCUT2D eigenvalue weighted by molar-refractivity contribution is 0.432. The minimum Gasteiger partial charge on any atom is -0.507 e. The number of benzene rings is 1. The van der Waals surface area contributed by atoms with Crippen LogP contribution in [0.3, 0.4) is 0 Å². The Bertz CT molecular complexity index is 1010. The zero-order chi connectivity index (χ0) is 17.4. The number of thioether (sulfide) groups is 1. The van der Waals surface area contributed by atoms with Crippen LogP contribution in [0.1, 0.15) is 27.9 Å². The molecule has 1 N–H and O–H groups in total. The smallest absolute Gasteiger partial charge is 0.348 e. The molecule has 2 aromatic heterocycles. The molecule has 0 saturated heterocycles. The van der Waals surface area contributed by atoms with E-state index in [1.54, 1.807) is 30.0 Å². The van der Waals surface area contributed by atoms with Crippen molar-refractivity contribution in [2.45, 2.75) is 23.5 Å². The van der Waals surface area contributed by atoms with E-state index in [1.807, 2.05) is 35.7 Å². The maximum absolute atomic E-state index is 12.4. The lowest BCUT2D eigenvalue weighted by Gasteiger charge is -2.14. The van der Waals surface area contributed by atoms with Gasteiger partial charge in [-0.05, 0) is 30.5 Å². The molecule has 0 radical (unpaired) electrons. The van der Waals surface area contributed by atoms with E-state index in [2.05, 4.69) is 6.07 Å². The third-order valence-electron chi connectivity index (χ3n) is 3.97. The normalized spacial score (nSPS) is 16.8. The van der Waals surface area contributed by atoms with Crippen molar-refractivity contribution in [3.63, 3.8) is 0 Å². The Morgan fingerprint density at radius 2 is 2.08 bits per heavy atom. The number of fused-ring (bicyclic) bond motifs is 1. The number of para-hydroxylation sites is 1. The van der Waals surface area contributed by atoms with Crippen LogP contribution in [-0.4, -0.2) is 10.8 Å². The number of aryl methyl sites for hydroxylation is 1. The average Bonchev–Trinajstić information content (AvgIpc) is 3.02. The molecule has 6 heteroatoms. The van der Waals surface area contributed by atoms with Crippen LogP contribution in [0.5, 0.6) is 5.75 Å². The molecule has 1 atom stereocenters. The van der Waals surface area contributed by atoms with Gasteiger partial charge in [-0.3, -0.25) is 4.99 Å². The highest BCUT2D eigenvalue weighted by molar-refractivity contribution is 7.99. The molecule has 3 aromatic rings. The highest BCUT2D eigenvalue weighted by Gasteiger charge is 2.26. The molecule has 4 nitrogen and oxygen atoms in total. The van der Waals surface area contributed by atoms with Gasteiger partial charge in [0.2, 0.25) is 0 Å². The van der Waals surface area contributed by atoms with Crippen molar-refractivity contribution in [2.75, 3.05) is 0 Å². The first-order chi connectivity index (χ1) is 12.1. The summed E-state index contributed by atoms with van der Waals surface area (Å²) in [6.45, 7) is 1.64. The monoisotopic (exact) mass is 369 g/mol. The second-order valence-corrected chi connectivity index (χ2v) is 7.98. The summed E-state index contributed by atoms with van der Waals surface area (Å²) >= 11 is 3.41. The Morgan fingerprint density at radius 1 is 1.24 bits per heavy atom. The highest BCUT2D eigenvalue weighted by Crippen LogP contribution is 2.46. The van der Waals surface area contributed by atoms with Gasteiger partial charge in [0, 0.05) is 27.5 Å². The van der Waals surface area contributed by atoms with Gasteiger partial charge < -0.3 is 9.52 Å². The fraction of sp³-hybridized carbons (Fsp3) is 0.158. The third-order valence-corrected chi connectivity index (χ3v) is 6.41. The molecule has 0 fully saturated rings. The molecule has 0 amide bonds. The number of nitrogens with zero attached hydrogens (tertiary/aromatic N) is 1. The molecule has 0 saturated carbocycles. The fourth-order valence-corrected chi connectivity index (χ4v) is 5.02. The maximum atomic E-state index is 12.4. The second kappa shape index (κ2) is 6.54. The SMILES string of the molecule is Cc1cc(O)c(C2=Nc3ccccc3S[C@@H](c3cccs3)C2)c(=O)o1. The van der Waals surface area contributed by atoms with E-state index in [0.29, 0.717) is 17.9 Å². The minimum absolute atomic E-state index is 0.0817.